The molecule has 0 radical (unpaired) electrons. The van der Waals surface area contributed by atoms with Crippen molar-refractivity contribution in [3.8, 4) is 5.69 Å². The number of hydrogen-bond acceptors (Lipinski definition) is 5. The number of aromatic nitrogens is 2. The first kappa shape index (κ1) is 21.6. The van der Waals surface area contributed by atoms with Gasteiger partial charge in [-0.05, 0) is 12.1 Å². The number of carbonyl (C=O) groups excluding carboxylic acids is 1. The van der Waals surface area contributed by atoms with E-state index in [0.717, 1.165) is 0 Å². The Hall–Kier alpha value is -3.65. The normalized spacial score (nSPS) is 11.6. The molecular formula is C14H8F6N4O5. The van der Waals surface area contributed by atoms with Crippen LogP contribution in [0.2, 0.25) is 0 Å². The van der Waals surface area contributed by atoms with Gasteiger partial charge >= 0.3 is 24.2 Å². The second kappa shape index (κ2) is 7.40. The smallest absolute Gasteiger partial charge is 0.292 e. The van der Waals surface area contributed by atoms with Crippen LogP contribution in [0.4, 0.5) is 37.8 Å². The van der Waals surface area contributed by atoms with Crippen LogP contribution in [-0.4, -0.2) is 26.4 Å². The standard InChI is InChI=1S/C14H8F6N4O5/c1-21-9(14(17,18)19)5-10(25)22(13(21)27)6-2-3-7(8(4-6)24(28)29)23(20)12(26)11(15)16/h2-5,11H,1H3. The molecule has 1 aromatic heterocycles. The van der Waals surface area contributed by atoms with Gasteiger partial charge in [0.1, 0.15) is 5.69 Å². The molecule has 0 aliphatic rings. The molecule has 0 aliphatic carbocycles. The van der Waals surface area contributed by atoms with Crippen molar-refractivity contribution in [3.05, 3.63) is 60.9 Å². The fourth-order valence-corrected chi connectivity index (χ4v) is 2.30. The van der Waals surface area contributed by atoms with Crippen molar-refractivity contribution < 1.29 is 36.2 Å². The van der Waals surface area contributed by atoms with Gasteiger partial charge in [-0.25, -0.2) is 9.36 Å². The molecule has 0 spiro atoms. The lowest BCUT2D eigenvalue weighted by molar-refractivity contribution is -0.384. The Morgan fingerprint density at radius 2 is 1.79 bits per heavy atom. The Morgan fingerprint density at radius 3 is 2.28 bits per heavy atom. The van der Waals surface area contributed by atoms with E-state index in [1.807, 2.05) is 0 Å². The molecule has 0 bridgehead atoms. The number of rotatable bonds is 4. The molecule has 1 heterocycles. The number of benzene rings is 1. The minimum Gasteiger partial charge on any atom is -0.292 e. The first-order valence-corrected chi connectivity index (χ1v) is 7.24. The van der Waals surface area contributed by atoms with Gasteiger partial charge in [-0.2, -0.15) is 22.0 Å². The monoisotopic (exact) mass is 426 g/mol. The first-order valence-electron chi connectivity index (χ1n) is 7.24. The van der Waals surface area contributed by atoms with Gasteiger partial charge in [-0.1, -0.05) is 4.48 Å². The lowest BCUT2D eigenvalue weighted by atomic mass is 10.2. The van der Waals surface area contributed by atoms with E-state index in [1.54, 1.807) is 0 Å². The third-order valence-electron chi connectivity index (χ3n) is 3.62. The summed E-state index contributed by atoms with van der Waals surface area (Å²) >= 11 is 0. The van der Waals surface area contributed by atoms with Crippen molar-refractivity contribution in [2.45, 2.75) is 12.6 Å². The molecule has 9 nitrogen and oxygen atoms in total. The molecule has 15 heteroatoms. The van der Waals surface area contributed by atoms with Gasteiger partial charge in [-0.3, -0.25) is 24.3 Å². The Bertz CT molecular complexity index is 1110. The lowest BCUT2D eigenvalue weighted by Gasteiger charge is -2.15. The number of hydrogen-bond donors (Lipinski definition) is 0. The first-order chi connectivity index (χ1) is 13.3. The zero-order chi connectivity index (χ0) is 22.3. The molecule has 0 fully saturated rings. The van der Waals surface area contributed by atoms with Crippen LogP contribution in [0.25, 0.3) is 5.69 Å². The molecule has 156 valence electrons. The summed E-state index contributed by atoms with van der Waals surface area (Å²) in [4.78, 5) is 45.0. The summed E-state index contributed by atoms with van der Waals surface area (Å²) in [6.45, 7) is 0. The van der Waals surface area contributed by atoms with Crippen LogP contribution in [0.5, 0.6) is 0 Å². The molecule has 0 atom stereocenters. The van der Waals surface area contributed by atoms with Crippen LogP contribution in [0.15, 0.2) is 33.9 Å². The number of amides is 1. The Balaban J connectivity index is 2.73. The number of halogens is 6. The summed E-state index contributed by atoms with van der Waals surface area (Å²) in [7, 11) is 0.689. The zero-order valence-electron chi connectivity index (χ0n) is 14.0. The number of carbonyl (C=O) groups is 1. The number of nitro benzene ring substituents is 1. The highest BCUT2D eigenvalue weighted by Gasteiger charge is 2.35. The van der Waals surface area contributed by atoms with Crippen LogP contribution in [0.1, 0.15) is 5.69 Å². The van der Waals surface area contributed by atoms with Crippen LogP contribution in [-0.2, 0) is 18.0 Å². The van der Waals surface area contributed by atoms with Gasteiger partial charge in [0.15, 0.2) is 5.69 Å². The van der Waals surface area contributed by atoms with Crippen molar-refractivity contribution >= 4 is 17.3 Å². The molecule has 2 aromatic rings. The second-order valence-electron chi connectivity index (χ2n) is 5.39. The largest absolute Gasteiger partial charge is 0.431 e. The van der Waals surface area contributed by atoms with E-state index in [9.17, 15) is 50.9 Å². The highest BCUT2D eigenvalue weighted by molar-refractivity contribution is 5.95. The van der Waals surface area contributed by atoms with Crippen molar-refractivity contribution in [1.29, 1.82) is 0 Å². The highest BCUT2D eigenvalue weighted by Crippen LogP contribution is 2.31. The van der Waals surface area contributed by atoms with Crippen LogP contribution in [0.3, 0.4) is 0 Å². The summed E-state index contributed by atoms with van der Waals surface area (Å²) < 4.78 is 77.2. The number of anilines is 1. The summed E-state index contributed by atoms with van der Waals surface area (Å²) in [6, 6.07) is 1.53. The van der Waals surface area contributed by atoms with E-state index in [2.05, 4.69) is 0 Å². The number of alkyl halides is 5. The van der Waals surface area contributed by atoms with E-state index >= 15 is 0 Å². The third kappa shape index (κ3) is 3.97. The highest BCUT2D eigenvalue weighted by atomic mass is 19.4. The molecule has 29 heavy (non-hydrogen) atoms. The molecule has 1 amide bonds. The van der Waals surface area contributed by atoms with Gasteiger partial charge in [0.05, 0.1) is 10.6 Å². The van der Waals surface area contributed by atoms with E-state index in [-0.39, 0.29) is 15.2 Å². The average Bonchev–Trinajstić information content (AvgIpc) is 2.62. The maximum Gasteiger partial charge on any atom is 0.431 e. The quantitative estimate of drug-likeness (QED) is 0.322. The predicted molar refractivity (Wildman–Crippen MR) is 83.5 cm³/mol. The van der Waals surface area contributed by atoms with E-state index in [4.69, 9.17) is 0 Å². The summed E-state index contributed by atoms with van der Waals surface area (Å²) in [5.41, 5.74) is -7.82. The fraction of sp³-hybridized carbons (Fsp3) is 0.214. The summed E-state index contributed by atoms with van der Waals surface area (Å²) in [5.74, 6) is -2.41. The van der Waals surface area contributed by atoms with Gasteiger partial charge < -0.3 is 0 Å². The van der Waals surface area contributed by atoms with E-state index in [1.165, 1.54) is 0 Å². The van der Waals surface area contributed by atoms with E-state index in [0.29, 0.717) is 25.2 Å². The topological polar surface area (TPSA) is 107 Å². The van der Waals surface area contributed by atoms with Crippen molar-refractivity contribution in [3.63, 3.8) is 0 Å². The zero-order valence-corrected chi connectivity index (χ0v) is 14.0. The van der Waals surface area contributed by atoms with Crippen LogP contribution >= 0.6 is 0 Å². The average molecular weight is 426 g/mol. The third-order valence-corrected chi connectivity index (χ3v) is 3.62. The lowest BCUT2D eigenvalue weighted by Crippen LogP contribution is -2.40. The van der Waals surface area contributed by atoms with Crippen LogP contribution in [0, 0.1) is 10.1 Å². The molecule has 0 saturated heterocycles. The molecular weight excluding hydrogens is 418 g/mol. The Kier molecular flexibility index (Phi) is 5.53. The molecule has 0 N–H and O–H groups in total. The molecule has 0 aliphatic heterocycles. The van der Waals surface area contributed by atoms with Crippen LogP contribution < -0.4 is 16.4 Å². The van der Waals surface area contributed by atoms with Crippen molar-refractivity contribution in [1.82, 2.24) is 9.13 Å². The van der Waals surface area contributed by atoms with Gasteiger partial charge in [0.25, 0.3) is 11.2 Å². The molecule has 0 saturated carbocycles. The minimum absolute atomic E-state index is 0.0585. The molecule has 1 aromatic carbocycles. The Morgan fingerprint density at radius 1 is 1.21 bits per heavy atom. The van der Waals surface area contributed by atoms with Gasteiger partial charge in [0.2, 0.25) is 0 Å². The SMILES string of the molecule is Cn1c(C(F)(F)F)cc(=O)n(-c2ccc(N(F)C(=O)C(F)F)c([N+](=O)[O-])c2)c1=O. The summed E-state index contributed by atoms with van der Waals surface area (Å²) in [6.07, 6.45) is -8.88. The maximum atomic E-state index is 13.8. The number of nitrogens with zero attached hydrogens (tertiary/aromatic N) is 4. The number of nitro groups is 1. The minimum atomic E-state index is -5.05. The van der Waals surface area contributed by atoms with Gasteiger partial charge in [-0.15, -0.1) is 5.12 Å². The maximum absolute atomic E-state index is 13.8. The van der Waals surface area contributed by atoms with E-state index < -0.39 is 62.6 Å². The predicted octanol–water partition coefficient (Wildman–Crippen LogP) is 1.95. The molecule has 2 rings (SSSR count). The van der Waals surface area contributed by atoms with Gasteiger partial charge in [0, 0.05) is 19.2 Å². The second-order valence-corrected chi connectivity index (χ2v) is 5.39. The van der Waals surface area contributed by atoms with Crippen molar-refractivity contribution in [2.75, 3.05) is 5.12 Å². The Labute approximate surface area is 155 Å². The fourth-order valence-electron chi connectivity index (χ4n) is 2.30. The van der Waals surface area contributed by atoms with Crippen molar-refractivity contribution in [2.24, 2.45) is 7.05 Å². The summed E-state index contributed by atoms with van der Waals surface area (Å²) in [5, 5.41) is 9.92. The molecule has 0 unspecified atom stereocenters.